The average molecular weight is 406 g/mol. The van der Waals surface area contributed by atoms with Gasteiger partial charge in [-0.25, -0.2) is 4.98 Å². The van der Waals surface area contributed by atoms with Crippen LogP contribution in [0.3, 0.4) is 0 Å². The van der Waals surface area contributed by atoms with Gasteiger partial charge < -0.3 is 24.6 Å². The fraction of sp³-hybridized carbons (Fsp3) is 0.158. The Balaban J connectivity index is 1.60. The van der Waals surface area contributed by atoms with Crippen molar-refractivity contribution < 1.29 is 37.3 Å². The minimum atomic E-state index is -4.80. The Morgan fingerprint density at radius 1 is 1.17 bits per heavy atom. The molecule has 1 aromatic heterocycles. The van der Waals surface area contributed by atoms with E-state index in [4.69, 9.17) is 9.47 Å². The third-order valence-electron chi connectivity index (χ3n) is 4.14. The number of halogens is 3. The molecule has 7 nitrogen and oxygen atoms in total. The Morgan fingerprint density at radius 3 is 2.62 bits per heavy atom. The molecule has 1 aliphatic heterocycles. The van der Waals surface area contributed by atoms with E-state index in [2.05, 4.69) is 15.0 Å². The standard InChI is InChI=1S/C19H13F3N2O5/c20-19(21,22)29-12-3-1-11(2-4-12)23-18(26)16-10(8-25)7-13-14(24-16)5-6-15-17(13)28-9-27-15/h1-7,25H,8-9H2,(H,23,26). The predicted octanol–water partition coefficient (Wildman–Crippen LogP) is 3.61. The van der Waals surface area contributed by atoms with Gasteiger partial charge in [0.2, 0.25) is 6.79 Å². The number of aromatic nitrogens is 1. The first-order chi connectivity index (χ1) is 13.8. The third-order valence-corrected chi connectivity index (χ3v) is 4.14. The molecule has 2 heterocycles. The van der Waals surface area contributed by atoms with Gasteiger partial charge in [-0.2, -0.15) is 0 Å². The molecule has 150 valence electrons. The summed E-state index contributed by atoms with van der Waals surface area (Å²) in [5.41, 5.74) is 0.942. The number of amides is 1. The van der Waals surface area contributed by atoms with E-state index in [1.807, 2.05) is 0 Å². The molecule has 0 unspecified atom stereocenters. The molecular weight excluding hydrogens is 393 g/mol. The molecule has 2 N–H and O–H groups in total. The Bertz CT molecular complexity index is 1080. The molecule has 0 saturated carbocycles. The summed E-state index contributed by atoms with van der Waals surface area (Å²) in [7, 11) is 0. The summed E-state index contributed by atoms with van der Waals surface area (Å²) in [6.45, 7) is -0.381. The molecule has 10 heteroatoms. The minimum Gasteiger partial charge on any atom is -0.454 e. The van der Waals surface area contributed by atoms with Crippen molar-refractivity contribution in [2.24, 2.45) is 0 Å². The molecule has 0 fully saturated rings. The number of nitrogens with one attached hydrogen (secondary N) is 1. The number of aliphatic hydroxyl groups excluding tert-OH is 1. The summed E-state index contributed by atoms with van der Waals surface area (Å²) in [6, 6.07) is 9.58. The second-order valence-electron chi connectivity index (χ2n) is 6.05. The SMILES string of the molecule is O=C(Nc1ccc(OC(F)(F)F)cc1)c1nc2ccc3c(c2cc1CO)OCO3. The first kappa shape index (κ1) is 18.8. The molecule has 1 aliphatic rings. The van der Waals surface area contributed by atoms with Crippen LogP contribution in [0.15, 0.2) is 42.5 Å². The van der Waals surface area contributed by atoms with Gasteiger partial charge in [-0.15, -0.1) is 13.2 Å². The molecule has 29 heavy (non-hydrogen) atoms. The second-order valence-corrected chi connectivity index (χ2v) is 6.05. The summed E-state index contributed by atoms with van der Waals surface area (Å²) in [5.74, 6) is -0.0111. The average Bonchev–Trinajstić information content (AvgIpc) is 3.16. The number of pyridine rings is 1. The fourth-order valence-electron chi connectivity index (χ4n) is 2.90. The maximum atomic E-state index is 12.6. The zero-order valence-electron chi connectivity index (χ0n) is 14.6. The highest BCUT2D eigenvalue weighted by Gasteiger charge is 2.31. The van der Waals surface area contributed by atoms with E-state index < -0.39 is 24.6 Å². The highest BCUT2D eigenvalue weighted by atomic mass is 19.4. The van der Waals surface area contributed by atoms with Crippen LogP contribution in [-0.4, -0.2) is 29.2 Å². The Morgan fingerprint density at radius 2 is 1.93 bits per heavy atom. The molecule has 4 rings (SSSR count). The lowest BCUT2D eigenvalue weighted by Gasteiger charge is -2.12. The number of hydrogen-bond acceptors (Lipinski definition) is 6. The number of carbonyl (C=O) groups excluding carboxylic acids is 1. The van der Waals surface area contributed by atoms with Gasteiger partial charge in [0.05, 0.1) is 12.1 Å². The molecule has 0 aliphatic carbocycles. The Kier molecular flexibility index (Phi) is 4.63. The normalized spacial score (nSPS) is 12.8. The molecule has 2 aromatic carbocycles. The molecule has 0 spiro atoms. The number of ether oxygens (including phenoxy) is 3. The van der Waals surface area contributed by atoms with Gasteiger partial charge in [0.1, 0.15) is 11.4 Å². The molecule has 0 bridgehead atoms. The number of fused-ring (bicyclic) bond motifs is 3. The topological polar surface area (TPSA) is 89.9 Å². The fourth-order valence-corrected chi connectivity index (χ4v) is 2.90. The zero-order valence-corrected chi connectivity index (χ0v) is 14.6. The summed E-state index contributed by atoms with van der Waals surface area (Å²) >= 11 is 0. The number of carbonyl (C=O) groups is 1. The lowest BCUT2D eigenvalue weighted by atomic mass is 10.1. The van der Waals surface area contributed by atoms with E-state index in [1.54, 1.807) is 18.2 Å². The summed E-state index contributed by atoms with van der Waals surface area (Å²) in [6.07, 6.45) is -4.80. The maximum Gasteiger partial charge on any atom is 0.573 e. The quantitative estimate of drug-likeness (QED) is 0.688. The number of benzene rings is 2. The number of nitrogens with zero attached hydrogens (tertiary/aromatic N) is 1. The number of rotatable bonds is 4. The van der Waals surface area contributed by atoms with E-state index in [-0.39, 0.29) is 23.7 Å². The summed E-state index contributed by atoms with van der Waals surface area (Å²) in [4.78, 5) is 16.9. The highest BCUT2D eigenvalue weighted by Crippen LogP contribution is 2.39. The molecule has 0 atom stereocenters. The number of aliphatic hydroxyl groups is 1. The van der Waals surface area contributed by atoms with Crippen molar-refractivity contribution in [3.63, 3.8) is 0 Å². The van der Waals surface area contributed by atoms with Gasteiger partial charge >= 0.3 is 6.36 Å². The molecule has 0 saturated heterocycles. The van der Waals surface area contributed by atoms with Gasteiger partial charge in [0, 0.05) is 16.6 Å². The lowest BCUT2D eigenvalue weighted by molar-refractivity contribution is -0.274. The van der Waals surface area contributed by atoms with Crippen LogP contribution in [0.1, 0.15) is 16.1 Å². The largest absolute Gasteiger partial charge is 0.573 e. The number of hydrogen-bond donors (Lipinski definition) is 2. The third kappa shape index (κ3) is 3.87. The van der Waals surface area contributed by atoms with E-state index in [0.29, 0.717) is 22.4 Å². The van der Waals surface area contributed by atoms with E-state index in [1.165, 1.54) is 12.1 Å². The van der Waals surface area contributed by atoms with Gasteiger partial charge in [0.25, 0.3) is 5.91 Å². The van der Waals surface area contributed by atoms with Crippen LogP contribution in [0.5, 0.6) is 17.2 Å². The van der Waals surface area contributed by atoms with Gasteiger partial charge in [-0.3, -0.25) is 4.79 Å². The van der Waals surface area contributed by atoms with Crippen LogP contribution in [0.2, 0.25) is 0 Å². The molecule has 0 radical (unpaired) electrons. The summed E-state index contributed by atoms with van der Waals surface area (Å²) in [5, 5.41) is 12.8. The van der Waals surface area contributed by atoms with Crippen molar-refractivity contribution >= 4 is 22.5 Å². The molecule has 3 aromatic rings. The highest BCUT2D eigenvalue weighted by molar-refractivity contribution is 6.05. The van der Waals surface area contributed by atoms with Gasteiger partial charge in [-0.1, -0.05) is 0 Å². The van der Waals surface area contributed by atoms with Crippen molar-refractivity contribution in [1.29, 1.82) is 0 Å². The van der Waals surface area contributed by atoms with Crippen molar-refractivity contribution in [2.45, 2.75) is 13.0 Å². The van der Waals surface area contributed by atoms with Crippen molar-refractivity contribution in [3.8, 4) is 17.2 Å². The van der Waals surface area contributed by atoms with Crippen molar-refractivity contribution in [3.05, 3.63) is 53.7 Å². The van der Waals surface area contributed by atoms with Crippen molar-refractivity contribution in [1.82, 2.24) is 4.98 Å². The smallest absolute Gasteiger partial charge is 0.454 e. The zero-order chi connectivity index (χ0) is 20.6. The number of alkyl halides is 3. The van der Waals surface area contributed by atoms with Crippen LogP contribution in [0, 0.1) is 0 Å². The van der Waals surface area contributed by atoms with Crippen LogP contribution in [0.4, 0.5) is 18.9 Å². The molecule has 1 amide bonds. The lowest BCUT2D eigenvalue weighted by Crippen LogP contribution is -2.18. The Labute approximate surface area is 161 Å². The van der Waals surface area contributed by atoms with Crippen LogP contribution < -0.4 is 19.5 Å². The van der Waals surface area contributed by atoms with Crippen LogP contribution in [0.25, 0.3) is 10.9 Å². The second kappa shape index (κ2) is 7.13. The first-order valence-electron chi connectivity index (χ1n) is 8.34. The van der Waals surface area contributed by atoms with Crippen LogP contribution >= 0.6 is 0 Å². The first-order valence-corrected chi connectivity index (χ1v) is 8.34. The summed E-state index contributed by atoms with van der Waals surface area (Å²) < 4.78 is 51.2. The minimum absolute atomic E-state index is 0.0190. The van der Waals surface area contributed by atoms with Crippen molar-refractivity contribution in [2.75, 3.05) is 12.1 Å². The Hall–Kier alpha value is -3.53. The van der Waals surface area contributed by atoms with E-state index in [0.717, 1.165) is 12.1 Å². The van der Waals surface area contributed by atoms with Gasteiger partial charge in [0.15, 0.2) is 11.5 Å². The van der Waals surface area contributed by atoms with E-state index >= 15 is 0 Å². The van der Waals surface area contributed by atoms with Crippen LogP contribution in [-0.2, 0) is 6.61 Å². The predicted molar refractivity (Wildman–Crippen MR) is 94.9 cm³/mol. The van der Waals surface area contributed by atoms with Gasteiger partial charge in [-0.05, 0) is 42.5 Å². The maximum absolute atomic E-state index is 12.6. The number of anilines is 1. The molecular formula is C19H13F3N2O5. The monoisotopic (exact) mass is 406 g/mol. The van der Waals surface area contributed by atoms with E-state index in [9.17, 15) is 23.1 Å².